The number of rotatable bonds is 4. The van der Waals surface area contributed by atoms with Crippen molar-refractivity contribution < 1.29 is 19.2 Å². The lowest BCUT2D eigenvalue weighted by atomic mass is 10.0. The average Bonchev–Trinajstić information content (AvgIpc) is 2.88. The van der Waals surface area contributed by atoms with Gasteiger partial charge in [0.15, 0.2) is 0 Å². The zero-order valence-electron chi connectivity index (χ0n) is 16.3. The van der Waals surface area contributed by atoms with Gasteiger partial charge in [0, 0.05) is 36.7 Å². The van der Waals surface area contributed by atoms with E-state index in [9.17, 15) is 19.2 Å². The highest BCUT2D eigenvalue weighted by Crippen LogP contribution is 2.29. The summed E-state index contributed by atoms with van der Waals surface area (Å²) in [5.74, 6) is -1.24. The van der Waals surface area contributed by atoms with Crippen molar-refractivity contribution >= 4 is 23.6 Å². The number of hydrogen-bond donors (Lipinski definition) is 3. The van der Waals surface area contributed by atoms with Gasteiger partial charge in [0.1, 0.15) is 6.04 Å². The van der Waals surface area contributed by atoms with Crippen LogP contribution in [0.2, 0.25) is 0 Å². The van der Waals surface area contributed by atoms with E-state index in [2.05, 4.69) is 16.0 Å². The van der Waals surface area contributed by atoms with Crippen molar-refractivity contribution in [3.8, 4) is 0 Å². The molecule has 154 valence electrons. The van der Waals surface area contributed by atoms with Crippen LogP contribution in [0.1, 0.15) is 64.8 Å². The highest BCUT2D eigenvalue weighted by atomic mass is 16.2. The van der Waals surface area contributed by atoms with Crippen molar-refractivity contribution in [2.24, 2.45) is 0 Å². The summed E-state index contributed by atoms with van der Waals surface area (Å²) in [5.41, 5.74) is 1.57. The molecule has 0 bridgehead atoms. The van der Waals surface area contributed by atoms with Gasteiger partial charge in [-0.15, -0.1) is 0 Å². The highest BCUT2D eigenvalue weighted by Gasteiger charge is 2.40. The molecule has 1 aromatic carbocycles. The van der Waals surface area contributed by atoms with Crippen molar-refractivity contribution in [2.45, 2.75) is 57.2 Å². The molecule has 0 saturated carbocycles. The molecule has 8 nitrogen and oxygen atoms in total. The van der Waals surface area contributed by atoms with Crippen LogP contribution in [0.15, 0.2) is 18.2 Å². The Labute approximate surface area is 169 Å². The second kappa shape index (κ2) is 8.32. The SMILES string of the molecule is O=C1CCC(N2Cc3c(C(=O)NCC4CCCCCN4)cccc3C2=O)C(=O)N1. The van der Waals surface area contributed by atoms with Crippen LogP contribution >= 0.6 is 0 Å². The molecule has 3 aliphatic heterocycles. The Kier molecular flexibility index (Phi) is 5.62. The van der Waals surface area contributed by atoms with Crippen LogP contribution < -0.4 is 16.0 Å². The zero-order chi connectivity index (χ0) is 20.4. The molecule has 1 aromatic rings. The minimum atomic E-state index is -0.682. The van der Waals surface area contributed by atoms with Crippen LogP contribution in [0.4, 0.5) is 0 Å². The summed E-state index contributed by atoms with van der Waals surface area (Å²) in [6.45, 7) is 1.72. The van der Waals surface area contributed by atoms with Crippen LogP contribution in [-0.2, 0) is 16.1 Å². The average molecular weight is 398 g/mol. The molecule has 0 aromatic heterocycles. The van der Waals surface area contributed by atoms with Gasteiger partial charge in [-0.25, -0.2) is 0 Å². The molecule has 2 unspecified atom stereocenters. The first-order valence-corrected chi connectivity index (χ1v) is 10.3. The summed E-state index contributed by atoms with van der Waals surface area (Å²) in [4.78, 5) is 50.8. The number of fused-ring (bicyclic) bond motifs is 1. The second-order valence-electron chi connectivity index (χ2n) is 7.94. The van der Waals surface area contributed by atoms with E-state index in [0.717, 1.165) is 25.8 Å². The van der Waals surface area contributed by atoms with Gasteiger partial charge in [-0.3, -0.25) is 24.5 Å². The number of hydrogen-bond acceptors (Lipinski definition) is 5. The van der Waals surface area contributed by atoms with Gasteiger partial charge in [0.2, 0.25) is 11.8 Å². The molecular weight excluding hydrogens is 372 g/mol. The third kappa shape index (κ3) is 4.03. The standard InChI is InChI=1S/C21H26N4O4/c26-18-9-8-17(20(28)24-18)25-12-16-14(6-4-7-15(16)21(25)29)19(27)23-11-13-5-2-1-3-10-22-13/h4,6-7,13,17,22H,1-3,5,8-12H2,(H,23,27)(H,24,26,28). The lowest BCUT2D eigenvalue weighted by molar-refractivity contribution is -0.136. The van der Waals surface area contributed by atoms with Crippen molar-refractivity contribution in [3.05, 3.63) is 34.9 Å². The highest BCUT2D eigenvalue weighted by molar-refractivity contribution is 6.07. The van der Waals surface area contributed by atoms with Crippen molar-refractivity contribution in [1.82, 2.24) is 20.9 Å². The molecule has 3 aliphatic rings. The van der Waals surface area contributed by atoms with Gasteiger partial charge in [-0.05, 0) is 43.5 Å². The quantitative estimate of drug-likeness (QED) is 0.648. The Hall–Kier alpha value is -2.74. The Morgan fingerprint density at radius 3 is 2.83 bits per heavy atom. The fraction of sp³-hybridized carbons (Fsp3) is 0.524. The van der Waals surface area contributed by atoms with Gasteiger partial charge in [0.25, 0.3) is 11.8 Å². The van der Waals surface area contributed by atoms with E-state index in [1.54, 1.807) is 18.2 Å². The Bertz CT molecular complexity index is 845. The molecular formula is C21H26N4O4. The van der Waals surface area contributed by atoms with Gasteiger partial charge in [-0.1, -0.05) is 18.9 Å². The molecule has 2 fully saturated rings. The smallest absolute Gasteiger partial charge is 0.255 e. The summed E-state index contributed by atoms with van der Waals surface area (Å²) < 4.78 is 0. The van der Waals surface area contributed by atoms with E-state index in [0.29, 0.717) is 29.7 Å². The topological polar surface area (TPSA) is 108 Å². The molecule has 3 heterocycles. The maximum Gasteiger partial charge on any atom is 0.255 e. The molecule has 0 radical (unpaired) electrons. The monoisotopic (exact) mass is 398 g/mol. The molecule has 3 N–H and O–H groups in total. The van der Waals surface area contributed by atoms with Gasteiger partial charge >= 0.3 is 0 Å². The van der Waals surface area contributed by atoms with E-state index < -0.39 is 11.9 Å². The van der Waals surface area contributed by atoms with Crippen molar-refractivity contribution in [1.29, 1.82) is 0 Å². The van der Waals surface area contributed by atoms with Crippen LogP contribution in [0, 0.1) is 0 Å². The number of nitrogens with one attached hydrogen (secondary N) is 3. The maximum absolute atomic E-state index is 12.9. The second-order valence-corrected chi connectivity index (χ2v) is 7.94. The number of imide groups is 1. The number of carbonyl (C=O) groups is 4. The fourth-order valence-electron chi connectivity index (χ4n) is 4.38. The minimum absolute atomic E-state index is 0.200. The minimum Gasteiger partial charge on any atom is -0.350 e. The van der Waals surface area contributed by atoms with Crippen molar-refractivity contribution in [2.75, 3.05) is 13.1 Å². The lowest BCUT2D eigenvalue weighted by Crippen LogP contribution is -2.52. The van der Waals surface area contributed by atoms with Crippen LogP contribution in [0.5, 0.6) is 0 Å². The summed E-state index contributed by atoms with van der Waals surface area (Å²) in [5, 5.41) is 8.75. The summed E-state index contributed by atoms with van der Waals surface area (Å²) in [7, 11) is 0. The van der Waals surface area contributed by atoms with E-state index in [4.69, 9.17) is 0 Å². The van der Waals surface area contributed by atoms with E-state index in [1.807, 2.05) is 0 Å². The third-order valence-electron chi connectivity index (χ3n) is 6.00. The predicted molar refractivity (Wildman–Crippen MR) is 105 cm³/mol. The molecule has 2 atom stereocenters. The van der Waals surface area contributed by atoms with Gasteiger partial charge < -0.3 is 15.5 Å². The first-order chi connectivity index (χ1) is 14.0. The molecule has 0 aliphatic carbocycles. The predicted octanol–water partition coefficient (Wildman–Crippen LogP) is 0.710. The Morgan fingerprint density at radius 2 is 2.00 bits per heavy atom. The molecule has 4 rings (SSSR count). The lowest BCUT2D eigenvalue weighted by Gasteiger charge is -2.29. The van der Waals surface area contributed by atoms with E-state index in [1.165, 1.54) is 11.3 Å². The van der Waals surface area contributed by atoms with Gasteiger partial charge in [-0.2, -0.15) is 0 Å². The largest absolute Gasteiger partial charge is 0.350 e. The molecule has 29 heavy (non-hydrogen) atoms. The summed E-state index contributed by atoms with van der Waals surface area (Å²) >= 11 is 0. The number of nitrogens with zero attached hydrogens (tertiary/aromatic N) is 1. The molecule has 0 spiro atoms. The fourth-order valence-corrected chi connectivity index (χ4v) is 4.38. The number of amides is 4. The number of carbonyl (C=O) groups excluding carboxylic acids is 4. The van der Waals surface area contributed by atoms with Gasteiger partial charge in [0.05, 0.1) is 0 Å². The number of benzene rings is 1. The Balaban J connectivity index is 1.47. The van der Waals surface area contributed by atoms with E-state index in [-0.39, 0.29) is 36.7 Å². The first kappa shape index (κ1) is 19.6. The van der Waals surface area contributed by atoms with Crippen molar-refractivity contribution in [3.63, 3.8) is 0 Å². The molecule has 2 saturated heterocycles. The maximum atomic E-state index is 12.9. The Morgan fingerprint density at radius 1 is 1.14 bits per heavy atom. The number of piperidine rings is 1. The normalized spacial score (nSPS) is 24.7. The van der Waals surface area contributed by atoms with Crippen LogP contribution in [0.3, 0.4) is 0 Å². The third-order valence-corrected chi connectivity index (χ3v) is 6.00. The first-order valence-electron chi connectivity index (χ1n) is 10.3. The summed E-state index contributed by atoms with van der Waals surface area (Å²) in [6.07, 6.45) is 5.08. The summed E-state index contributed by atoms with van der Waals surface area (Å²) in [6, 6.07) is 4.69. The van der Waals surface area contributed by atoms with E-state index >= 15 is 0 Å². The van der Waals surface area contributed by atoms with Crippen LogP contribution in [-0.4, -0.2) is 53.7 Å². The molecule has 4 amide bonds. The molecule has 8 heteroatoms. The van der Waals surface area contributed by atoms with Crippen LogP contribution in [0.25, 0.3) is 0 Å². The zero-order valence-corrected chi connectivity index (χ0v) is 16.3.